The summed E-state index contributed by atoms with van der Waals surface area (Å²) in [5.41, 5.74) is 0.911. The Morgan fingerprint density at radius 1 is 1.59 bits per heavy atom. The second-order valence-electron chi connectivity index (χ2n) is 4.75. The van der Waals surface area contributed by atoms with Gasteiger partial charge in [0.1, 0.15) is 0 Å². The van der Waals surface area contributed by atoms with Crippen molar-refractivity contribution in [3.8, 4) is 0 Å². The molecule has 17 heavy (non-hydrogen) atoms. The lowest BCUT2D eigenvalue weighted by Crippen LogP contribution is -2.43. The van der Waals surface area contributed by atoms with Crippen LogP contribution in [0.1, 0.15) is 18.5 Å². The number of amides is 2. The summed E-state index contributed by atoms with van der Waals surface area (Å²) >= 11 is 0. The van der Waals surface area contributed by atoms with Crippen LogP contribution in [0.5, 0.6) is 0 Å². The summed E-state index contributed by atoms with van der Waals surface area (Å²) in [5, 5.41) is 8.00. The molecule has 6 nitrogen and oxygen atoms in total. The van der Waals surface area contributed by atoms with Gasteiger partial charge in [-0.1, -0.05) is 5.21 Å². The normalized spacial score (nSPS) is 19.7. The summed E-state index contributed by atoms with van der Waals surface area (Å²) in [7, 11) is 3.58. The van der Waals surface area contributed by atoms with E-state index < -0.39 is 0 Å². The van der Waals surface area contributed by atoms with Crippen LogP contribution in [-0.2, 0) is 6.54 Å². The minimum absolute atomic E-state index is 0.0873. The highest BCUT2D eigenvalue weighted by Crippen LogP contribution is 2.19. The average Bonchev–Trinajstić information content (AvgIpc) is 2.87. The fourth-order valence-electron chi connectivity index (χ4n) is 2.23. The summed E-state index contributed by atoms with van der Waals surface area (Å²) < 4.78 is 1.82. The average molecular weight is 237 g/mol. The van der Waals surface area contributed by atoms with Crippen LogP contribution in [0.4, 0.5) is 4.79 Å². The van der Waals surface area contributed by atoms with Crippen molar-refractivity contribution in [3.05, 3.63) is 11.9 Å². The van der Waals surface area contributed by atoms with Gasteiger partial charge in [0.15, 0.2) is 0 Å². The van der Waals surface area contributed by atoms with E-state index in [2.05, 4.69) is 10.3 Å². The van der Waals surface area contributed by atoms with Gasteiger partial charge < -0.3 is 9.80 Å². The van der Waals surface area contributed by atoms with Gasteiger partial charge >= 0.3 is 6.03 Å². The maximum Gasteiger partial charge on any atom is 0.319 e. The molecule has 1 saturated heterocycles. The van der Waals surface area contributed by atoms with Crippen molar-refractivity contribution in [2.75, 3.05) is 20.6 Å². The van der Waals surface area contributed by atoms with E-state index in [0.29, 0.717) is 0 Å². The Morgan fingerprint density at radius 3 is 2.94 bits per heavy atom. The lowest BCUT2D eigenvalue weighted by Gasteiger charge is -2.27. The lowest BCUT2D eigenvalue weighted by molar-refractivity contribution is 0.160. The molecule has 1 aliphatic rings. The first-order valence-corrected chi connectivity index (χ1v) is 5.92. The molecular weight excluding hydrogens is 218 g/mol. The van der Waals surface area contributed by atoms with E-state index in [1.54, 1.807) is 19.0 Å². The van der Waals surface area contributed by atoms with E-state index in [0.717, 1.165) is 31.6 Å². The number of aryl methyl sites for hydroxylation is 1. The smallest absolute Gasteiger partial charge is 0.319 e. The topological polar surface area (TPSA) is 54.3 Å². The number of rotatable bonds is 2. The molecule has 1 atom stereocenters. The van der Waals surface area contributed by atoms with E-state index in [1.165, 1.54) is 0 Å². The molecule has 2 amide bonds. The van der Waals surface area contributed by atoms with Crippen molar-refractivity contribution >= 4 is 6.03 Å². The maximum absolute atomic E-state index is 12.0. The number of carbonyl (C=O) groups is 1. The Labute approximate surface area is 101 Å². The van der Waals surface area contributed by atoms with E-state index in [4.69, 9.17) is 0 Å². The summed E-state index contributed by atoms with van der Waals surface area (Å²) in [6.45, 7) is 3.50. The van der Waals surface area contributed by atoms with Gasteiger partial charge in [0.25, 0.3) is 0 Å². The van der Waals surface area contributed by atoms with Crippen LogP contribution in [0.25, 0.3) is 0 Å². The van der Waals surface area contributed by atoms with Crippen LogP contribution in [0, 0.1) is 6.92 Å². The van der Waals surface area contributed by atoms with Crippen LogP contribution in [0.15, 0.2) is 6.20 Å². The molecule has 1 fully saturated rings. The molecule has 2 heterocycles. The summed E-state index contributed by atoms with van der Waals surface area (Å²) in [4.78, 5) is 15.5. The van der Waals surface area contributed by atoms with Crippen LogP contribution < -0.4 is 0 Å². The molecule has 0 aromatic carbocycles. The third-order valence-electron chi connectivity index (χ3n) is 3.06. The minimum Gasteiger partial charge on any atom is -0.331 e. The zero-order valence-corrected chi connectivity index (χ0v) is 10.6. The molecule has 1 aromatic rings. The number of urea groups is 1. The van der Waals surface area contributed by atoms with Crippen LogP contribution in [0.2, 0.25) is 0 Å². The Morgan fingerprint density at radius 2 is 2.35 bits per heavy atom. The molecule has 0 N–H and O–H groups in total. The van der Waals surface area contributed by atoms with Crippen molar-refractivity contribution in [2.24, 2.45) is 0 Å². The van der Waals surface area contributed by atoms with Crippen molar-refractivity contribution in [1.29, 1.82) is 0 Å². The fraction of sp³-hybridized carbons (Fsp3) is 0.727. The predicted octanol–water partition coefficient (Wildman–Crippen LogP) is 0.733. The molecule has 0 aliphatic carbocycles. The summed E-state index contributed by atoms with van der Waals surface area (Å²) in [6, 6.07) is 0.329. The Bertz CT molecular complexity index is 400. The number of hydrogen-bond acceptors (Lipinski definition) is 3. The fourth-order valence-corrected chi connectivity index (χ4v) is 2.23. The van der Waals surface area contributed by atoms with Gasteiger partial charge in [-0.2, -0.15) is 0 Å². The largest absolute Gasteiger partial charge is 0.331 e. The summed E-state index contributed by atoms with van der Waals surface area (Å²) in [6.07, 6.45) is 4.02. The molecule has 1 aliphatic heterocycles. The second-order valence-corrected chi connectivity index (χ2v) is 4.75. The maximum atomic E-state index is 12.0. The van der Waals surface area contributed by atoms with Gasteiger partial charge in [-0.05, 0) is 19.8 Å². The second kappa shape index (κ2) is 4.73. The minimum atomic E-state index is 0.0873. The molecule has 0 saturated carbocycles. The monoisotopic (exact) mass is 237 g/mol. The third kappa shape index (κ3) is 2.57. The van der Waals surface area contributed by atoms with Crippen molar-refractivity contribution in [2.45, 2.75) is 32.4 Å². The van der Waals surface area contributed by atoms with Crippen molar-refractivity contribution in [1.82, 2.24) is 24.8 Å². The van der Waals surface area contributed by atoms with Gasteiger partial charge in [0, 0.05) is 26.8 Å². The van der Waals surface area contributed by atoms with E-state index in [1.807, 2.05) is 22.7 Å². The van der Waals surface area contributed by atoms with Gasteiger partial charge in [-0.25, -0.2) is 4.79 Å². The Kier molecular flexibility index (Phi) is 3.31. The highest BCUT2D eigenvalue weighted by molar-refractivity contribution is 5.74. The highest BCUT2D eigenvalue weighted by Gasteiger charge is 2.30. The standard InChI is InChI=1S/C11H19N5O/c1-9-7-15(13-12-9)8-10-5-4-6-16(10)11(17)14(2)3/h7,10H,4-6,8H2,1-3H3/t10-/m1/s1. The number of hydrogen-bond donors (Lipinski definition) is 0. The van der Waals surface area contributed by atoms with Gasteiger partial charge in [0.05, 0.1) is 18.3 Å². The van der Waals surface area contributed by atoms with Crippen molar-refractivity contribution < 1.29 is 4.79 Å². The quantitative estimate of drug-likeness (QED) is 0.762. The predicted molar refractivity (Wildman–Crippen MR) is 63.6 cm³/mol. The molecule has 0 unspecified atom stereocenters. The van der Waals surface area contributed by atoms with E-state index >= 15 is 0 Å². The zero-order chi connectivity index (χ0) is 12.4. The third-order valence-corrected chi connectivity index (χ3v) is 3.06. The first-order valence-electron chi connectivity index (χ1n) is 5.92. The first-order chi connectivity index (χ1) is 8.08. The molecule has 0 radical (unpaired) electrons. The number of nitrogens with zero attached hydrogens (tertiary/aromatic N) is 5. The number of likely N-dealkylation sites (tertiary alicyclic amines) is 1. The van der Waals surface area contributed by atoms with Gasteiger partial charge in [-0.3, -0.25) is 4.68 Å². The van der Waals surface area contributed by atoms with E-state index in [-0.39, 0.29) is 12.1 Å². The van der Waals surface area contributed by atoms with Crippen molar-refractivity contribution in [3.63, 3.8) is 0 Å². The SMILES string of the molecule is Cc1cn(C[C@H]2CCCN2C(=O)N(C)C)nn1. The first kappa shape index (κ1) is 11.9. The molecule has 1 aromatic heterocycles. The van der Waals surface area contributed by atoms with Crippen LogP contribution >= 0.6 is 0 Å². The summed E-state index contributed by atoms with van der Waals surface area (Å²) in [5.74, 6) is 0. The molecule has 2 rings (SSSR count). The molecule has 94 valence electrons. The molecular formula is C11H19N5O. The van der Waals surface area contributed by atoms with Crippen LogP contribution in [0.3, 0.4) is 0 Å². The van der Waals surface area contributed by atoms with E-state index in [9.17, 15) is 4.79 Å². The van der Waals surface area contributed by atoms with Gasteiger partial charge in [0.2, 0.25) is 0 Å². The Balaban J connectivity index is 2.02. The number of carbonyl (C=O) groups excluding carboxylic acids is 1. The van der Waals surface area contributed by atoms with Gasteiger partial charge in [-0.15, -0.1) is 5.10 Å². The molecule has 6 heteroatoms. The molecule has 0 spiro atoms. The molecule has 0 bridgehead atoms. The Hall–Kier alpha value is -1.59. The highest BCUT2D eigenvalue weighted by atomic mass is 16.2. The van der Waals surface area contributed by atoms with Crippen LogP contribution in [-0.4, -0.2) is 57.5 Å². The number of aromatic nitrogens is 3. The zero-order valence-electron chi connectivity index (χ0n) is 10.6. The lowest BCUT2D eigenvalue weighted by atomic mass is 10.2.